The SMILES string of the molecule is CN1CC[C@]2(C(=O)NCc3cccnc3)CCCN(C(=O)c3cn[nH]n3)[C@H]2C1. The fourth-order valence-corrected chi connectivity index (χ4v) is 4.46. The van der Waals surface area contributed by atoms with Crippen molar-refractivity contribution in [2.45, 2.75) is 31.8 Å². The molecule has 9 heteroatoms. The third-order valence-electron chi connectivity index (χ3n) is 5.98. The molecule has 2 aromatic rings. The van der Waals surface area contributed by atoms with Gasteiger partial charge in [-0.05, 0) is 44.5 Å². The predicted octanol–water partition coefficient (Wildman–Crippen LogP) is 0.443. The van der Waals surface area contributed by atoms with Gasteiger partial charge in [0.15, 0.2) is 5.69 Å². The second-order valence-electron chi connectivity index (χ2n) is 7.69. The van der Waals surface area contributed by atoms with Gasteiger partial charge >= 0.3 is 0 Å². The maximum Gasteiger partial charge on any atom is 0.276 e. The van der Waals surface area contributed by atoms with Crippen LogP contribution in [-0.2, 0) is 11.3 Å². The zero-order chi connectivity index (χ0) is 19.6. The van der Waals surface area contributed by atoms with Crippen molar-refractivity contribution in [3.8, 4) is 0 Å². The number of carbonyl (C=O) groups excluding carboxylic acids is 2. The number of hydrogen-bond acceptors (Lipinski definition) is 6. The molecule has 0 bridgehead atoms. The first-order valence-electron chi connectivity index (χ1n) is 9.63. The number of likely N-dealkylation sites (tertiary alicyclic amines) is 2. The first-order valence-corrected chi connectivity index (χ1v) is 9.63. The van der Waals surface area contributed by atoms with E-state index in [9.17, 15) is 9.59 Å². The monoisotopic (exact) mass is 383 g/mol. The number of nitrogens with zero attached hydrogens (tertiary/aromatic N) is 5. The van der Waals surface area contributed by atoms with Crippen LogP contribution in [0, 0.1) is 5.41 Å². The van der Waals surface area contributed by atoms with E-state index < -0.39 is 5.41 Å². The van der Waals surface area contributed by atoms with Crippen molar-refractivity contribution in [1.82, 2.24) is 35.5 Å². The van der Waals surface area contributed by atoms with Gasteiger partial charge in [-0.3, -0.25) is 14.6 Å². The number of rotatable bonds is 4. The van der Waals surface area contributed by atoms with Crippen LogP contribution in [0.5, 0.6) is 0 Å². The molecule has 0 aromatic carbocycles. The third-order valence-corrected chi connectivity index (χ3v) is 5.98. The summed E-state index contributed by atoms with van der Waals surface area (Å²) in [5, 5.41) is 13.3. The molecule has 2 amide bonds. The predicted molar refractivity (Wildman–Crippen MR) is 101 cm³/mol. The van der Waals surface area contributed by atoms with E-state index in [0.29, 0.717) is 25.3 Å². The number of aromatic nitrogens is 4. The molecule has 9 nitrogen and oxygen atoms in total. The first-order chi connectivity index (χ1) is 13.6. The topological polar surface area (TPSA) is 107 Å². The van der Waals surface area contributed by atoms with Gasteiger partial charge in [0.1, 0.15) is 0 Å². The highest BCUT2D eigenvalue weighted by molar-refractivity contribution is 5.93. The summed E-state index contributed by atoms with van der Waals surface area (Å²) in [6, 6.07) is 3.62. The lowest BCUT2D eigenvalue weighted by Crippen LogP contribution is -2.66. The summed E-state index contributed by atoms with van der Waals surface area (Å²) in [4.78, 5) is 34.5. The molecular formula is C19H25N7O2. The van der Waals surface area contributed by atoms with Crippen LogP contribution in [-0.4, -0.2) is 74.7 Å². The lowest BCUT2D eigenvalue weighted by molar-refractivity contribution is -0.142. The number of nitrogens with one attached hydrogen (secondary N) is 2. The number of carbonyl (C=O) groups is 2. The summed E-state index contributed by atoms with van der Waals surface area (Å²) in [5.74, 6) is -0.148. The molecule has 2 aliphatic heterocycles. The Morgan fingerprint density at radius 1 is 1.32 bits per heavy atom. The van der Waals surface area contributed by atoms with Gasteiger partial charge in [0.2, 0.25) is 5.91 Å². The van der Waals surface area contributed by atoms with Gasteiger partial charge in [-0.25, -0.2) is 0 Å². The molecule has 0 unspecified atom stereocenters. The molecular weight excluding hydrogens is 358 g/mol. The Balaban J connectivity index is 1.57. The van der Waals surface area contributed by atoms with Crippen LogP contribution in [0.1, 0.15) is 35.3 Å². The van der Waals surface area contributed by atoms with Crippen molar-refractivity contribution in [1.29, 1.82) is 0 Å². The van der Waals surface area contributed by atoms with E-state index >= 15 is 0 Å². The van der Waals surface area contributed by atoms with E-state index in [1.165, 1.54) is 6.20 Å². The molecule has 2 aromatic heterocycles. The molecule has 4 rings (SSSR count). The summed E-state index contributed by atoms with van der Waals surface area (Å²) in [7, 11) is 2.03. The minimum absolute atomic E-state index is 0.0205. The van der Waals surface area contributed by atoms with Crippen LogP contribution in [0.25, 0.3) is 0 Å². The van der Waals surface area contributed by atoms with Crippen molar-refractivity contribution in [3.63, 3.8) is 0 Å². The molecule has 0 aliphatic carbocycles. The number of amides is 2. The van der Waals surface area contributed by atoms with Gasteiger partial charge in [0.25, 0.3) is 5.91 Å². The highest BCUT2D eigenvalue weighted by Crippen LogP contribution is 2.43. The lowest BCUT2D eigenvalue weighted by Gasteiger charge is -2.53. The smallest absolute Gasteiger partial charge is 0.276 e. The summed E-state index contributed by atoms with van der Waals surface area (Å²) in [5.41, 5.74) is 0.676. The van der Waals surface area contributed by atoms with Gasteiger partial charge < -0.3 is 15.1 Å². The Morgan fingerprint density at radius 2 is 2.21 bits per heavy atom. The summed E-state index contributed by atoms with van der Waals surface area (Å²) in [6.07, 6.45) is 7.22. The maximum absolute atomic E-state index is 13.4. The lowest BCUT2D eigenvalue weighted by atomic mass is 9.67. The zero-order valence-corrected chi connectivity index (χ0v) is 16.0. The molecule has 0 radical (unpaired) electrons. The Morgan fingerprint density at radius 3 is 2.96 bits per heavy atom. The van der Waals surface area contributed by atoms with Gasteiger partial charge in [0, 0.05) is 32.0 Å². The van der Waals surface area contributed by atoms with Gasteiger partial charge in [-0.1, -0.05) is 6.07 Å². The van der Waals surface area contributed by atoms with Crippen LogP contribution in [0.3, 0.4) is 0 Å². The van der Waals surface area contributed by atoms with E-state index in [-0.39, 0.29) is 17.9 Å². The second-order valence-corrected chi connectivity index (χ2v) is 7.69. The second kappa shape index (κ2) is 7.67. The third kappa shape index (κ3) is 3.37. The number of H-pyrrole nitrogens is 1. The van der Waals surface area contributed by atoms with Crippen LogP contribution in [0.2, 0.25) is 0 Å². The molecule has 0 saturated carbocycles. The van der Waals surface area contributed by atoms with Crippen molar-refractivity contribution in [2.75, 3.05) is 26.7 Å². The highest BCUT2D eigenvalue weighted by atomic mass is 16.2. The van der Waals surface area contributed by atoms with Crippen LogP contribution < -0.4 is 5.32 Å². The largest absolute Gasteiger partial charge is 0.351 e. The first kappa shape index (κ1) is 18.5. The molecule has 28 heavy (non-hydrogen) atoms. The fraction of sp³-hybridized carbons (Fsp3) is 0.526. The number of fused-ring (bicyclic) bond motifs is 1. The van der Waals surface area contributed by atoms with Gasteiger partial charge in [-0.2, -0.15) is 15.4 Å². The summed E-state index contributed by atoms with van der Waals surface area (Å²) >= 11 is 0. The number of pyridine rings is 1. The Hall–Kier alpha value is -2.81. The fourth-order valence-electron chi connectivity index (χ4n) is 4.46. The van der Waals surface area contributed by atoms with Crippen LogP contribution >= 0.6 is 0 Å². The Labute approximate surface area is 163 Å². The molecule has 2 atom stereocenters. The minimum atomic E-state index is -0.577. The van der Waals surface area contributed by atoms with E-state index in [2.05, 4.69) is 30.6 Å². The van der Waals surface area contributed by atoms with Crippen LogP contribution in [0.4, 0.5) is 0 Å². The summed E-state index contributed by atoms with van der Waals surface area (Å²) in [6.45, 7) is 2.57. The normalized spacial score (nSPS) is 25.2. The molecule has 2 fully saturated rings. The van der Waals surface area contributed by atoms with E-state index in [1.54, 1.807) is 12.4 Å². The minimum Gasteiger partial charge on any atom is -0.351 e. The standard InChI is InChI=1S/C19H25N7O2/c1-25-9-6-19(18(28)21-11-14-4-2-7-20-10-14)5-3-8-26(16(19)13-25)17(27)15-12-22-24-23-15/h2,4,7,10,12,16H,3,5-6,8-9,11,13H2,1H3,(H,21,28)(H,22,23,24)/t16-,19+/m0/s1. The van der Waals surface area contributed by atoms with E-state index in [1.807, 2.05) is 24.1 Å². The van der Waals surface area contributed by atoms with Crippen molar-refractivity contribution in [2.24, 2.45) is 5.41 Å². The maximum atomic E-state index is 13.4. The van der Waals surface area contributed by atoms with E-state index in [0.717, 1.165) is 31.4 Å². The Kier molecular flexibility index (Phi) is 5.08. The highest BCUT2D eigenvalue weighted by Gasteiger charge is 2.53. The summed E-state index contributed by atoms with van der Waals surface area (Å²) < 4.78 is 0. The number of aromatic amines is 1. The molecule has 0 spiro atoms. The molecule has 2 N–H and O–H groups in total. The van der Waals surface area contributed by atoms with Gasteiger partial charge in [-0.15, -0.1) is 0 Å². The number of hydrogen-bond donors (Lipinski definition) is 2. The van der Waals surface area contributed by atoms with Crippen LogP contribution in [0.15, 0.2) is 30.7 Å². The van der Waals surface area contributed by atoms with Crippen molar-refractivity contribution in [3.05, 3.63) is 42.0 Å². The number of likely N-dealkylation sites (N-methyl/N-ethyl adjacent to an activating group) is 1. The molecule has 2 aliphatic rings. The zero-order valence-electron chi connectivity index (χ0n) is 16.0. The molecule has 148 valence electrons. The Bertz CT molecular complexity index is 826. The van der Waals surface area contributed by atoms with Crippen molar-refractivity contribution < 1.29 is 9.59 Å². The quantitative estimate of drug-likeness (QED) is 0.794. The number of piperidine rings is 2. The molecule has 2 saturated heterocycles. The average molecular weight is 383 g/mol. The van der Waals surface area contributed by atoms with Gasteiger partial charge in [0.05, 0.1) is 17.7 Å². The van der Waals surface area contributed by atoms with E-state index in [4.69, 9.17) is 0 Å². The average Bonchev–Trinajstić information content (AvgIpc) is 3.26. The van der Waals surface area contributed by atoms with Crippen molar-refractivity contribution >= 4 is 11.8 Å². The molecule has 4 heterocycles.